The van der Waals surface area contributed by atoms with E-state index in [-0.39, 0.29) is 57.3 Å². The number of carbonyl (C=O) groups is 1. The third kappa shape index (κ3) is 2.98. The zero-order chi connectivity index (χ0) is 10.8. The number of hydrogen-bond donors (Lipinski definition) is 1. The van der Waals surface area contributed by atoms with Crippen molar-refractivity contribution in [1.82, 2.24) is 0 Å². The van der Waals surface area contributed by atoms with Crippen molar-refractivity contribution in [3.05, 3.63) is 24.3 Å². The van der Waals surface area contributed by atoms with Gasteiger partial charge < -0.3 is 14.7 Å². The zero-order valence-corrected chi connectivity index (χ0v) is 8.51. The van der Waals surface area contributed by atoms with Crippen LogP contribution in [0.4, 0.5) is 5.69 Å². The Morgan fingerprint density at radius 3 is 2.38 bits per heavy atom. The van der Waals surface area contributed by atoms with Crippen LogP contribution in [-0.2, 0) is 4.79 Å². The van der Waals surface area contributed by atoms with Crippen LogP contribution >= 0.6 is 0 Å². The number of rotatable bonds is 3. The molecule has 2 rings (SSSR count). The Hall–Kier alpha value is -0.0736. The molecule has 0 bridgehead atoms. The van der Waals surface area contributed by atoms with E-state index < -0.39 is 5.97 Å². The SMILES string of the molecule is COc1ccc(N2CC(C(=O)O)C2)cc1.[KH]. The van der Waals surface area contributed by atoms with Crippen LogP contribution in [-0.4, -0.2) is 82.7 Å². The van der Waals surface area contributed by atoms with Gasteiger partial charge in [0.15, 0.2) is 0 Å². The van der Waals surface area contributed by atoms with Gasteiger partial charge in [-0.25, -0.2) is 0 Å². The second-order valence-electron chi connectivity index (χ2n) is 3.64. The normalized spacial score (nSPS) is 14.9. The van der Waals surface area contributed by atoms with Crippen molar-refractivity contribution in [2.45, 2.75) is 0 Å². The summed E-state index contributed by atoms with van der Waals surface area (Å²) in [7, 11) is 1.62. The van der Waals surface area contributed by atoms with Crippen LogP contribution in [0.1, 0.15) is 0 Å². The summed E-state index contributed by atoms with van der Waals surface area (Å²) in [4.78, 5) is 12.7. The van der Waals surface area contributed by atoms with Crippen molar-refractivity contribution in [2.75, 3.05) is 25.1 Å². The minimum atomic E-state index is -0.709. The van der Waals surface area contributed by atoms with Crippen molar-refractivity contribution in [3.8, 4) is 5.75 Å². The fraction of sp³-hybridized carbons (Fsp3) is 0.364. The van der Waals surface area contributed by atoms with Crippen molar-refractivity contribution in [2.24, 2.45) is 5.92 Å². The van der Waals surface area contributed by atoms with Crippen LogP contribution in [0.2, 0.25) is 0 Å². The van der Waals surface area contributed by atoms with Crippen molar-refractivity contribution >= 4 is 63.0 Å². The van der Waals surface area contributed by atoms with Crippen LogP contribution in [0.25, 0.3) is 0 Å². The predicted molar refractivity (Wildman–Crippen MR) is 63.5 cm³/mol. The molecule has 1 heterocycles. The van der Waals surface area contributed by atoms with Gasteiger partial charge in [0.2, 0.25) is 0 Å². The van der Waals surface area contributed by atoms with Gasteiger partial charge in [-0.2, -0.15) is 0 Å². The number of nitrogens with zero attached hydrogens (tertiary/aromatic N) is 1. The fourth-order valence-corrected chi connectivity index (χ4v) is 1.64. The number of carboxylic acids is 1. The maximum absolute atomic E-state index is 10.6. The summed E-state index contributed by atoms with van der Waals surface area (Å²) < 4.78 is 5.05. The van der Waals surface area contributed by atoms with E-state index in [1.807, 2.05) is 29.2 Å². The van der Waals surface area contributed by atoms with E-state index in [0.29, 0.717) is 13.1 Å². The molecule has 5 heteroatoms. The van der Waals surface area contributed by atoms with Gasteiger partial charge in [-0.3, -0.25) is 4.79 Å². The van der Waals surface area contributed by atoms with E-state index in [9.17, 15) is 4.79 Å². The summed E-state index contributed by atoms with van der Waals surface area (Å²) in [6.07, 6.45) is 0. The average molecular weight is 247 g/mol. The second kappa shape index (κ2) is 6.02. The van der Waals surface area contributed by atoms with Gasteiger partial charge in [-0.1, -0.05) is 0 Å². The number of anilines is 1. The van der Waals surface area contributed by atoms with Crippen LogP contribution in [0.3, 0.4) is 0 Å². The number of carboxylic acid groups (broad SMARTS) is 1. The Balaban J connectivity index is 0.00000128. The quantitative estimate of drug-likeness (QED) is 0.793. The Kier molecular flexibility index (Phi) is 5.26. The van der Waals surface area contributed by atoms with E-state index in [2.05, 4.69) is 0 Å². The van der Waals surface area contributed by atoms with Crippen LogP contribution in [0.5, 0.6) is 5.75 Å². The first-order valence-electron chi connectivity index (χ1n) is 4.82. The average Bonchev–Trinajstić information content (AvgIpc) is 2.16. The van der Waals surface area contributed by atoms with E-state index in [0.717, 1.165) is 11.4 Å². The maximum atomic E-state index is 10.6. The summed E-state index contributed by atoms with van der Waals surface area (Å²) >= 11 is 0. The molecule has 1 aromatic carbocycles. The summed E-state index contributed by atoms with van der Waals surface area (Å²) in [5.74, 6) is -0.110. The molecule has 0 spiro atoms. The monoisotopic (exact) mass is 247 g/mol. The molecule has 0 saturated carbocycles. The number of benzene rings is 1. The molecule has 1 saturated heterocycles. The van der Waals surface area contributed by atoms with Gasteiger partial charge in [0.25, 0.3) is 0 Å². The van der Waals surface area contributed by atoms with E-state index >= 15 is 0 Å². The third-order valence-electron chi connectivity index (χ3n) is 2.67. The molecule has 1 N–H and O–H groups in total. The van der Waals surface area contributed by atoms with Gasteiger partial charge in [0, 0.05) is 18.8 Å². The molecule has 16 heavy (non-hydrogen) atoms. The first-order valence-corrected chi connectivity index (χ1v) is 4.82. The molecule has 1 fully saturated rings. The summed E-state index contributed by atoms with van der Waals surface area (Å²) in [6.45, 7) is 1.20. The molecular weight excluding hydrogens is 233 g/mol. The molecule has 0 aliphatic carbocycles. The van der Waals surface area contributed by atoms with Gasteiger partial charge in [-0.05, 0) is 24.3 Å². The molecule has 1 aromatic rings. The van der Waals surface area contributed by atoms with Crippen LogP contribution in [0.15, 0.2) is 24.3 Å². The molecule has 1 aliphatic rings. The molecule has 0 atom stereocenters. The summed E-state index contributed by atoms with van der Waals surface area (Å²) in [5.41, 5.74) is 1.05. The van der Waals surface area contributed by atoms with E-state index in [1.54, 1.807) is 7.11 Å². The van der Waals surface area contributed by atoms with E-state index in [1.165, 1.54) is 0 Å². The van der Waals surface area contributed by atoms with Crippen LogP contribution in [0, 0.1) is 5.92 Å². The van der Waals surface area contributed by atoms with Gasteiger partial charge in [0.1, 0.15) is 5.75 Å². The summed E-state index contributed by atoms with van der Waals surface area (Å²) in [5, 5.41) is 8.73. The molecule has 0 radical (unpaired) electrons. The Morgan fingerprint density at radius 2 is 1.94 bits per heavy atom. The Bertz CT molecular complexity index is 360. The molecule has 4 nitrogen and oxygen atoms in total. The fourth-order valence-electron chi connectivity index (χ4n) is 1.64. The molecule has 1 aliphatic heterocycles. The Morgan fingerprint density at radius 1 is 1.38 bits per heavy atom. The van der Waals surface area contributed by atoms with Crippen LogP contribution < -0.4 is 9.64 Å². The Labute approximate surface area is 137 Å². The molecule has 0 amide bonds. The van der Waals surface area contributed by atoms with Crippen molar-refractivity contribution in [1.29, 1.82) is 0 Å². The van der Waals surface area contributed by atoms with Crippen molar-refractivity contribution in [3.63, 3.8) is 0 Å². The van der Waals surface area contributed by atoms with Gasteiger partial charge in [-0.15, -0.1) is 0 Å². The molecule has 82 valence electrons. The summed E-state index contributed by atoms with van der Waals surface area (Å²) in [6, 6.07) is 7.64. The number of methoxy groups -OCH3 is 1. The zero-order valence-electron chi connectivity index (χ0n) is 8.51. The number of hydrogen-bond acceptors (Lipinski definition) is 3. The molecular formula is C11H14KNO3. The topological polar surface area (TPSA) is 49.8 Å². The van der Waals surface area contributed by atoms with Gasteiger partial charge >= 0.3 is 57.4 Å². The minimum absolute atomic E-state index is 0. The second-order valence-corrected chi connectivity index (χ2v) is 3.64. The number of aliphatic carboxylic acids is 1. The standard InChI is InChI=1S/C11H13NO3.K.H/c1-15-10-4-2-9(3-5-10)12-6-8(7-12)11(13)14;;/h2-5,8H,6-7H2,1H3,(H,13,14);;. The molecule has 0 unspecified atom stereocenters. The van der Waals surface area contributed by atoms with Gasteiger partial charge in [0.05, 0.1) is 13.0 Å². The first-order chi connectivity index (χ1) is 7.20. The molecule has 0 aromatic heterocycles. The van der Waals surface area contributed by atoms with E-state index in [4.69, 9.17) is 9.84 Å². The third-order valence-corrected chi connectivity index (χ3v) is 2.67. The van der Waals surface area contributed by atoms with Crippen molar-refractivity contribution < 1.29 is 14.6 Å². The first kappa shape index (κ1) is 14.0. The predicted octanol–water partition coefficient (Wildman–Crippen LogP) is 0.567. The number of ether oxygens (including phenoxy) is 1.